The molecule has 1 amide bonds. The second-order valence-corrected chi connectivity index (χ2v) is 1.51. The number of nitrogens with one attached hydrogen (secondary N) is 1. The lowest BCUT2D eigenvalue weighted by atomic mass is 10.3. The van der Waals surface area contributed by atoms with E-state index >= 15 is 0 Å². The molecule has 0 aliphatic rings. The number of hydrogen-bond donors (Lipinski definition) is 3. The number of hydroxylamine groups is 1. The number of nitrogens with two attached hydrogens (primary N) is 1. The average Bonchev–Trinajstić information content (AvgIpc) is 1.89. The molecule has 5 heteroatoms. The minimum atomic E-state index is -0.424. The molecule has 0 aliphatic heterocycles. The van der Waals surface area contributed by atoms with Crippen LogP contribution in [0.4, 0.5) is 0 Å². The van der Waals surface area contributed by atoms with Crippen LogP contribution in [-0.4, -0.2) is 17.7 Å². The molecule has 0 heterocycles. The van der Waals surface area contributed by atoms with E-state index in [9.17, 15) is 4.79 Å². The standard InChI is InChI=1S/C4H10N2O3/c5-9-3-1-2-4(7)6-8/h8H,1-3,5H2,(H,6,7). The Labute approximate surface area is 52.7 Å². The summed E-state index contributed by atoms with van der Waals surface area (Å²) in [4.78, 5) is 14.4. The molecule has 0 unspecified atom stereocenters. The third-order valence-corrected chi connectivity index (χ3v) is 0.791. The van der Waals surface area contributed by atoms with Crippen LogP contribution in [0.1, 0.15) is 12.8 Å². The van der Waals surface area contributed by atoms with Gasteiger partial charge in [-0.3, -0.25) is 10.0 Å². The highest BCUT2D eigenvalue weighted by Crippen LogP contribution is 1.86. The smallest absolute Gasteiger partial charge is 0.243 e. The number of carbonyl (C=O) groups excluding carboxylic acids is 1. The van der Waals surface area contributed by atoms with Crippen LogP contribution in [0.25, 0.3) is 0 Å². The fourth-order valence-electron chi connectivity index (χ4n) is 0.372. The monoisotopic (exact) mass is 134 g/mol. The molecule has 0 aromatic heterocycles. The Morgan fingerprint density at radius 3 is 2.89 bits per heavy atom. The third-order valence-electron chi connectivity index (χ3n) is 0.791. The van der Waals surface area contributed by atoms with E-state index < -0.39 is 5.91 Å². The summed E-state index contributed by atoms with van der Waals surface area (Å²) in [6, 6.07) is 0. The van der Waals surface area contributed by atoms with Crippen LogP contribution in [0.5, 0.6) is 0 Å². The molecule has 0 atom stereocenters. The molecular formula is C4H10N2O3. The van der Waals surface area contributed by atoms with E-state index in [-0.39, 0.29) is 6.42 Å². The van der Waals surface area contributed by atoms with Crippen molar-refractivity contribution in [1.29, 1.82) is 0 Å². The van der Waals surface area contributed by atoms with Crippen LogP contribution in [-0.2, 0) is 9.63 Å². The van der Waals surface area contributed by atoms with Crippen molar-refractivity contribution in [3.63, 3.8) is 0 Å². The summed E-state index contributed by atoms with van der Waals surface area (Å²) >= 11 is 0. The zero-order valence-corrected chi connectivity index (χ0v) is 4.96. The molecule has 9 heavy (non-hydrogen) atoms. The van der Waals surface area contributed by atoms with E-state index in [0.717, 1.165) is 0 Å². The maximum absolute atomic E-state index is 10.2. The molecular weight excluding hydrogens is 124 g/mol. The SMILES string of the molecule is NOCCCC(=O)NO. The number of carbonyl (C=O) groups is 1. The fourth-order valence-corrected chi connectivity index (χ4v) is 0.372. The first kappa shape index (κ1) is 8.35. The molecule has 0 bridgehead atoms. The van der Waals surface area contributed by atoms with Crippen molar-refractivity contribution in [1.82, 2.24) is 5.48 Å². The molecule has 5 nitrogen and oxygen atoms in total. The van der Waals surface area contributed by atoms with Crippen LogP contribution >= 0.6 is 0 Å². The van der Waals surface area contributed by atoms with Crippen LogP contribution in [0, 0.1) is 0 Å². The molecule has 0 spiro atoms. The van der Waals surface area contributed by atoms with Crippen LogP contribution in [0.15, 0.2) is 0 Å². The van der Waals surface area contributed by atoms with Gasteiger partial charge in [-0.2, -0.15) is 0 Å². The molecule has 0 saturated heterocycles. The summed E-state index contributed by atoms with van der Waals surface area (Å²) < 4.78 is 0. The first-order valence-electron chi connectivity index (χ1n) is 2.56. The van der Waals surface area contributed by atoms with Gasteiger partial charge in [-0.05, 0) is 6.42 Å². The zero-order chi connectivity index (χ0) is 7.11. The van der Waals surface area contributed by atoms with Crippen molar-refractivity contribution in [2.75, 3.05) is 6.61 Å². The van der Waals surface area contributed by atoms with Crippen LogP contribution in [0.3, 0.4) is 0 Å². The van der Waals surface area contributed by atoms with Crippen molar-refractivity contribution in [2.45, 2.75) is 12.8 Å². The summed E-state index contributed by atoms with van der Waals surface area (Å²) in [6.45, 7) is 0.327. The van der Waals surface area contributed by atoms with Crippen molar-refractivity contribution >= 4 is 5.91 Å². The third kappa shape index (κ3) is 5.22. The van der Waals surface area contributed by atoms with Crippen molar-refractivity contribution in [3.05, 3.63) is 0 Å². The highest BCUT2D eigenvalue weighted by Gasteiger charge is 1.96. The lowest BCUT2D eigenvalue weighted by Crippen LogP contribution is -2.18. The minimum Gasteiger partial charge on any atom is -0.305 e. The Balaban J connectivity index is 2.97. The van der Waals surface area contributed by atoms with Gasteiger partial charge < -0.3 is 4.84 Å². The number of amides is 1. The Hall–Kier alpha value is -0.650. The van der Waals surface area contributed by atoms with E-state index in [1.54, 1.807) is 0 Å². The quantitative estimate of drug-likeness (QED) is 0.266. The Bertz CT molecular complexity index is 85.9. The molecule has 0 radical (unpaired) electrons. The number of hydrogen-bond acceptors (Lipinski definition) is 4. The maximum Gasteiger partial charge on any atom is 0.243 e. The summed E-state index contributed by atoms with van der Waals surface area (Å²) in [5.74, 6) is 4.24. The Kier molecular flexibility index (Phi) is 5.09. The second-order valence-electron chi connectivity index (χ2n) is 1.51. The predicted octanol–water partition coefficient (Wildman–Crippen LogP) is -0.838. The van der Waals surface area contributed by atoms with Gasteiger partial charge in [0.2, 0.25) is 5.91 Å². The van der Waals surface area contributed by atoms with Gasteiger partial charge in [0.1, 0.15) is 0 Å². The maximum atomic E-state index is 10.2. The van der Waals surface area contributed by atoms with Gasteiger partial charge in [-0.25, -0.2) is 11.4 Å². The molecule has 4 N–H and O–H groups in total. The number of rotatable bonds is 4. The zero-order valence-electron chi connectivity index (χ0n) is 4.96. The average molecular weight is 134 g/mol. The van der Waals surface area contributed by atoms with Gasteiger partial charge in [-0.1, -0.05) is 0 Å². The molecule has 0 rings (SSSR count). The normalized spacial score (nSPS) is 9.11. The van der Waals surface area contributed by atoms with Gasteiger partial charge in [0.05, 0.1) is 6.61 Å². The predicted molar refractivity (Wildman–Crippen MR) is 29.3 cm³/mol. The summed E-state index contributed by atoms with van der Waals surface area (Å²) in [5, 5.41) is 7.96. The molecule has 0 aliphatic carbocycles. The largest absolute Gasteiger partial charge is 0.305 e. The molecule has 0 aromatic carbocycles. The van der Waals surface area contributed by atoms with Gasteiger partial charge in [0.25, 0.3) is 0 Å². The van der Waals surface area contributed by atoms with E-state index in [4.69, 9.17) is 5.21 Å². The highest BCUT2D eigenvalue weighted by atomic mass is 16.6. The van der Waals surface area contributed by atoms with Gasteiger partial charge in [0, 0.05) is 6.42 Å². The second kappa shape index (κ2) is 5.49. The van der Waals surface area contributed by atoms with E-state index in [2.05, 4.69) is 10.7 Å². The van der Waals surface area contributed by atoms with E-state index in [1.165, 1.54) is 5.48 Å². The molecule has 0 saturated carbocycles. The van der Waals surface area contributed by atoms with Gasteiger partial charge >= 0.3 is 0 Å². The summed E-state index contributed by atoms with van der Waals surface area (Å²) in [7, 11) is 0. The van der Waals surface area contributed by atoms with Crippen LogP contribution in [0.2, 0.25) is 0 Å². The Morgan fingerprint density at radius 1 is 1.78 bits per heavy atom. The highest BCUT2D eigenvalue weighted by molar-refractivity contribution is 5.74. The summed E-state index contributed by atoms with van der Waals surface area (Å²) in [6.07, 6.45) is 0.747. The lowest BCUT2D eigenvalue weighted by Gasteiger charge is -1.95. The van der Waals surface area contributed by atoms with Crippen molar-refractivity contribution in [3.8, 4) is 0 Å². The molecule has 54 valence electrons. The first-order chi connectivity index (χ1) is 4.31. The summed E-state index contributed by atoms with van der Waals surface area (Å²) in [5.41, 5.74) is 1.49. The molecule has 0 fully saturated rings. The lowest BCUT2D eigenvalue weighted by molar-refractivity contribution is -0.129. The van der Waals surface area contributed by atoms with Crippen molar-refractivity contribution < 1.29 is 14.8 Å². The minimum absolute atomic E-state index is 0.230. The molecule has 0 aromatic rings. The Morgan fingerprint density at radius 2 is 2.44 bits per heavy atom. The van der Waals surface area contributed by atoms with Gasteiger partial charge in [-0.15, -0.1) is 0 Å². The van der Waals surface area contributed by atoms with Crippen molar-refractivity contribution in [2.24, 2.45) is 5.90 Å². The van der Waals surface area contributed by atoms with Crippen LogP contribution < -0.4 is 11.4 Å². The first-order valence-corrected chi connectivity index (χ1v) is 2.56. The fraction of sp³-hybridized carbons (Fsp3) is 0.750. The van der Waals surface area contributed by atoms with Gasteiger partial charge in [0.15, 0.2) is 0 Å². The van der Waals surface area contributed by atoms with E-state index in [1.807, 2.05) is 0 Å². The topological polar surface area (TPSA) is 84.6 Å². The van der Waals surface area contributed by atoms with E-state index in [0.29, 0.717) is 13.0 Å².